The molecule has 0 unspecified atom stereocenters. The second kappa shape index (κ2) is 6.17. The van der Waals surface area contributed by atoms with Crippen LogP contribution in [0.1, 0.15) is 16.7 Å². The Balaban J connectivity index is 2.18. The molecule has 4 nitrogen and oxygen atoms in total. The minimum absolute atomic E-state index is 0.250. The van der Waals surface area contributed by atoms with Gasteiger partial charge in [0.25, 0.3) is 0 Å². The van der Waals surface area contributed by atoms with E-state index in [4.69, 9.17) is 5.73 Å². The lowest BCUT2D eigenvalue weighted by atomic mass is 10.1. The highest BCUT2D eigenvalue weighted by molar-refractivity contribution is 7.89. The van der Waals surface area contributed by atoms with Gasteiger partial charge in [-0.25, -0.2) is 13.1 Å². The van der Waals surface area contributed by atoms with Crippen molar-refractivity contribution >= 4 is 10.0 Å². The van der Waals surface area contributed by atoms with Crippen molar-refractivity contribution < 1.29 is 8.42 Å². The van der Waals surface area contributed by atoms with Crippen molar-refractivity contribution in [2.75, 3.05) is 0 Å². The summed E-state index contributed by atoms with van der Waals surface area (Å²) in [4.78, 5) is 0.250. The van der Waals surface area contributed by atoms with Gasteiger partial charge in [0.1, 0.15) is 0 Å². The van der Waals surface area contributed by atoms with E-state index >= 15 is 0 Å². The third-order valence-electron chi connectivity index (χ3n) is 3.16. The lowest BCUT2D eigenvalue weighted by Gasteiger charge is -2.09. The molecule has 0 aliphatic rings. The largest absolute Gasteiger partial charge is 0.326 e. The van der Waals surface area contributed by atoms with Gasteiger partial charge in [-0.3, -0.25) is 0 Å². The van der Waals surface area contributed by atoms with Crippen molar-refractivity contribution in [1.82, 2.24) is 4.72 Å². The topological polar surface area (TPSA) is 72.2 Å². The molecule has 106 valence electrons. The Labute approximate surface area is 119 Å². The first-order valence-corrected chi connectivity index (χ1v) is 7.84. The average molecular weight is 290 g/mol. The van der Waals surface area contributed by atoms with Crippen LogP contribution in [0.4, 0.5) is 0 Å². The molecule has 0 aliphatic carbocycles. The molecule has 0 atom stereocenters. The van der Waals surface area contributed by atoms with Crippen LogP contribution in [-0.4, -0.2) is 8.42 Å². The van der Waals surface area contributed by atoms with Crippen LogP contribution in [-0.2, 0) is 23.1 Å². The van der Waals surface area contributed by atoms with Crippen LogP contribution >= 0.6 is 0 Å². The van der Waals surface area contributed by atoms with E-state index in [1.54, 1.807) is 18.2 Å². The van der Waals surface area contributed by atoms with Crippen molar-refractivity contribution in [3.05, 3.63) is 65.2 Å². The molecule has 0 spiro atoms. The maximum atomic E-state index is 12.2. The van der Waals surface area contributed by atoms with Crippen molar-refractivity contribution in [3.8, 4) is 0 Å². The molecular weight excluding hydrogens is 272 g/mol. The van der Waals surface area contributed by atoms with E-state index in [0.717, 1.165) is 16.7 Å². The van der Waals surface area contributed by atoms with Gasteiger partial charge in [-0.15, -0.1) is 0 Å². The van der Waals surface area contributed by atoms with Gasteiger partial charge in [0.2, 0.25) is 10.0 Å². The molecule has 0 radical (unpaired) electrons. The Morgan fingerprint density at radius 2 is 1.80 bits per heavy atom. The van der Waals surface area contributed by atoms with E-state index in [2.05, 4.69) is 4.72 Å². The number of hydrogen-bond acceptors (Lipinski definition) is 3. The van der Waals surface area contributed by atoms with E-state index in [1.165, 1.54) is 0 Å². The average Bonchev–Trinajstić information content (AvgIpc) is 2.46. The summed E-state index contributed by atoms with van der Waals surface area (Å²) in [6.45, 7) is 2.51. The number of benzene rings is 2. The van der Waals surface area contributed by atoms with Gasteiger partial charge in [0.15, 0.2) is 0 Å². The summed E-state index contributed by atoms with van der Waals surface area (Å²) < 4.78 is 27.1. The second-order valence-corrected chi connectivity index (χ2v) is 6.37. The number of hydrogen-bond donors (Lipinski definition) is 2. The van der Waals surface area contributed by atoms with E-state index < -0.39 is 10.0 Å². The molecule has 2 rings (SSSR count). The molecular formula is C15H18N2O2S. The quantitative estimate of drug-likeness (QED) is 0.884. The molecule has 5 heteroatoms. The van der Waals surface area contributed by atoms with Gasteiger partial charge >= 0.3 is 0 Å². The molecule has 20 heavy (non-hydrogen) atoms. The maximum Gasteiger partial charge on any atom is 0.240 e. The predicted molar refractivity (Wildman–Crippen MR) is 79.5 cm³/mol. The van der Waals surface area contributed by atoms with Crippen molar-refractivity contribution in [1.29, 1.82) is 0 Å². The monoisotopic (exact) mass is 290 g/mol. The molecule has 0 heterocycles. The fourth-order valence-electron chi connectivity index (χ4n) is 1.89. The van der Waals surface area contributed by atoms with E-state index in [9.17, 15) is 8.42 Å². The molecule has 2 aromatic carbocycles. The SMILES string of the molecule is Cc1ccc(S(=O)(=O)NCc2ccccc2)cc1CN. The summed E-state index contributed by atoms with van der Waals surface area (Å²) in [6, 6.07) is 14.4. The van der Waals surface area contributed by atoms with Crippen LogP contribution in [0, 0.1) is 6.92 Å². The zero-order valence-corrected chi connectivity index (χ0v) is 12.2. The van der Waals surface area contributed by atoms with Crippen molar-refractivity contribution in [3.63, 3.8) is 0 Å². The molecule has 0 aromatic heterocycles. The zero-order valence-electron chi connectivity index (χ0n) is 11.3. The van der Waals surface area contributed by atoms with Gasteiger partial charge in [0.05, 0.1) is 4.90 Å². The van der Waals surface area contributed by atoms with Gasteiger partial charge in [-0.05, 0) is 35.7 Å². The Morgan fingerprint density at radius 1 is 1.10 bits per heavy atom. The summed E-state index contributed by atoms with van der Waals surface area (Å²) in [5.41, 5.74) is 8.37. The minimum Gasteiger partial charge on any atom is -0.326 e. The minimum atomic E-state index is -3.51. The first kappa shape index (κ1) is 14.7. The molecule has 2 aromatic rings. The smallest absolute Gasteiger partial charge is 0.240 e. The zero-order chi connectivity index (χ0) is 14.6. The normalized spacial score (nSPS) is 11.5. The number of sulfonamides is 1. The summed E-state index contributed by atoms with van der Waals surface area (Å²) in [5, 5.41) is 0. The second-order valence-electron chi connectivity index (χ2n) is 4.60. The van der Waals surface area contributed by atoms with Crippen LogP contribution < -0.4 is 10.5 Å². The Hall–Kier alpha value is -1.69. The Morgan fingerprint density at radius 3 is 2.45 bits per heavy atom. The first-order chi connectivity index (χ1) is 9.53. The van der Waals surface area contributed by atoms with Gasteiger partial charge in [-0.2, -0.15) is 0 Å². The number of nitrogens with two attached hydrogens (primary N) is 1. The first-order valence-electron chi connectivity index (χ1n) is 6.36. The maximum absolute atomic E-state index is 12.2. The van der Waals surface area contributed by atoms with Crippen LogP contribution in [0.3, 0.4) is 0 Å². The molecule has 0 saturated heterocycles. The van der Waals surface area contributed by atoms with E-state index in [-0.39, 0.29) is 11.4 Å². The number of aryl methyl sites for hydroxylation is 1. The van der Waals surface area contributed by atoms with Gasteiger partial charge in [0, 0.05) is 13.1 Å². The summed E-state index contributed by atoms with van der Waals surface area (Å²) in [7, 11) is -3.51. The predicted octanol–water partition coefficient (Wildman–Crippen LogP) is 1.93. The van der Waals surface area contributed by atoms with Crippen molar-refractivity contribution in [2.45, 2.75) is 24.9 Å². The molecule has 3 N–H and O–H groups in total. The van der Waals surface area contributed by atoms with Gasteiger partial charge in [-0.1, -0.05) is 36.4 Å². The third-order valence-corrected chi connectivity index (χ3v) is 4.56. The molecule has 0 saturated carbocycles. The lowest BCUT2D eigenvalue weighted by molar-refractivity contribution is 0.581. The fraction of sp³-hybridized carbons (Fsp3) is 0.200. The highest BCUT2D eigenvalue weighted by atomic mass is 32.2. The summed E-state index contributed by atoms with van der Waals surface area (Å²) in [6.07, 6.45) is 0. The van der Waals surface area contributed by atoms with Gasteiger partial charge < -0.3 is 5.73 Å². The summed E-state index contributed by atoms with van der Waals surface area (Å²) in [5.74, 6) is 0. The lowest BCUT2D eigenvalue weighted by Crippen LogP contribution is -2.23. The molecule has 0 aliphatic heterocycles. The Bertz CT molecular complexity index is 682. The van der Waals surface area contributed by atoms with Crippen LogP contribution in [0.2, 0.25) is 0 Å². The van der Waals surface area contributed by atoms with E-state index in [0.29, 0.717) is 6.54 Å². The van der Waals surface area contributed by atoms with E-state index in [1.807, 2.05) is 37.3 Å². The standard InChI is InChI=1S/C15H18N2O2S/c1-12-7-8-15(9-14(12)10-16)20(18,19)17-11-13-5-3-2-4-6-13/h2-9,17H,10-11,16H2,1H3. The fourth-order valence-corrected chi connectivity index (χ4v) is 2.96. The van der Waals surface area contributed by atoms with Crippen LogP contribution in [0.25, 0.3) is 0 Å². The van der Waals surface area contributed by atoms with Crippen LogP contribution in [0.5, 0.6) is 0 Å². The Kier molecular flexibility index (Phi) is 4.54. The number of nitrogens with one attached hydrogen (secondary N) is 1. The van der Waals surface area contributed by atoms with Crippen molar-refractivity contribution in [2.24, 2.45) is 5.73 Å². The highest BCUT2D eigenvalue weighted by Gasteiger charge is 2.14. The molecule has 0 bridgehead atoms. The highest BCUT2D eigenvalue weighted by Crippen LogP contribution is 2.15. The molecule has 0 amide bonds. The number of rotatable bonds is 5. The van der Waals surface area contributed by atoms with Crippen LogP contribution in [0.15, 0.2) is 53.4 Å². The molecule has 0 fully saturated rings. The third kappa shape index (κ3) is 3.45. The summed E-state index contributed by atoms with van der Waals surface area (Å²) >= 11 is 0.